The molecule has 76 valence electrons. The van der Waals surface area contributed by atoms with Crippen LogP contribution in [0, 0.1) is 0 Å². The summed E-state index contributed by atoms with van der Waals surface area (Å²) in [6, 6.07) is 0.314. The molecule has 0 aromatic heterocycles. The lowest BCUT2D eigenvalue weighted by molar-refractivity contribution is -0.145. The Balaban J connectivity index is 3.92. The zero-order valence-electron chi connectivity index (χ0n) is 8.67. The second-order valence-corrected chi connectivity index (χ2v) is 3.24. The van der Waals surface area contributed by atoms with Gasteiger partial charge in [0, 0.05) is 12.1 Å². The minimum atomic E-state index is -0.369. The zero-order valence-corrected chi connectivity index (χ0v) is 8.67. The van der Waals surface area contributed by atoms with Crippen LogP contribution in [0.4, 0.5) is 0 Å². The van der Waals surface area contributed by atoms with Gasteiger partial charge in [-0.3, -0.25) is 5.32 Å². The molecule has 0 aromatic rings. The predicted octanol–water partition coefficient (Wildman–Crippen LogP) is 1.84. The van der Waals surface area contributed by atoms with Gasteiger partial charge in [0.1, 0.15) is 0 Å². The third-order valence-electron chi connectivity index (χ3n) is 1.50. The second kappa shape index (κ2) is 6.66. The lowest BCUT2D eigenvalue weighted by Crippen LogP contribution is -2.37. The van der Waals surface area contributed by atoms with Crippen molar-refractivity contribution >= 4 is 5.97 Å². The Morgan fingerprint density at radius 2 is 2.23 bits per heavy atom. The number of rotatable bonds is 6. The Labute approximate surface area is 80.2 Å². The summed E-state index contributed by atoms with van der Waals surface area (Å²) in [6.45, 7) is 9.44. The first kappa shape index (κ1) is 12.2. The number of carbonyl (C=O) groups excluding carboxylic acids is 1. The van der Waals surface area contributed by atoms with E-state index < -0.39 is 0 Å². The molecule has 1 unspecified atom stereocenters. The van der Waals surface area contributed by atoms with Crippen LogP contribution in [-0.2, 0) is 9.53 Å². The number of carbonyl (C=O) groups is 1. The monoisotopic (exact) mass is 185 g/mol. The van der Waals surface area contributed by atoms with E-state index in [0.717, 1.165) is 12.8 Å². The van der Waals surface area contributed by atoms with Crippen LogP contribution in [0.25, 0.3) is 0 Å². The predicted molar refractivity (Wildman–Crippen MR) is 53.3 cm³/mol. The highest BCUT2D eigenvalue weighted by Gasteiger charge is 2.11. The van der Waals surface area contributed by atoms with Gasteiger partial charge in [0.25, 0.3) is 0 Å². The van der Waals surface area contributed by atoms with Crippen LogP contribution in [0.3, 0.4) is 0 Å². The molecule has 0 aliphatic rings. The third kappa shape index (κ3) is 6.34. The van der Waals surface area contributed by atoms with Gasteiger partial charge in [-0.15, -0.1) is 0 Å². The van der Waals surface area contributed by atoms with Crippen molar-refractivity contribution in [1.29, 1.82) is 0 Å². The van der Waals surface area contributed by atoms with E-state index in [1.54, 1.807) is 0 Å². The van der Waals surface area contributed by atoms with Crippen molar-refractivity contribution in [1.82, 2.24) is 5.32 Å². The largest absolute Gasteiger partial charge is 0.443 e. The van der Waals surface area contributed by atoms with Crippen molar-refractivity contribution in [2.45, 2.75) is 45.9 Å². The van der Waals surface area contributed by atoms with Crippen molar-refractivity contribution in [2.24, 2.45) is 0 Å². The summed E-state index contributed by atoms with van der Waals surface area (Å²) < 4.78 is 5.08. The van der Waals surface area contributed by atoms with E-state index in [1.807, 2.05) is 13.8 Å². The molecule has 0 aliphatic carbocycles. The average Bonchev–Trinajstić information content (AvgIpc) is 2.03. The number of esters is 1. The molecular formula is C10H19NO2. The molecule has 0 aromatic carbocycles. The lowest BCUT2D eigenvalue weighted by atomic mass is 10.3. The quantitative estimate of drug-likeness (QED) is 0.390. The maximum Gasteiger partial charge on any atom is 0.331 e. The van der Waals surface area contributed by atoms with Crippen LogP contribution in [0.2, 0.25) is 0 Å². The van der Waals surface area contributed by atoms with Gasteiger partial charge in [0.2, 0.25) is 0 Å². The fraction of sp³-hybridized carbons (Fsp3) is 0.700. The maximum atomic E-state index is 10.9. The summed E-state index contributed by atoms with van der Waals surface area (Å²) in [7, 11) is 0. The summed E-state index contributed by atoms with van der Waals surface area (Å²) in [5.74, 6) is -0.369. The first-order chi connectivity index (χ1) is 6.10. The Hall–Kier alpha value is -0.830. The molecule has 1 N–H and O–H groups in total. The van der Waals surface area contributed by atoms with Crippen molar-refractivity contribution < 1.29 is 9.53 Å². The van der Waals surface area contributed by atoms with Crippen LogP contribution < -0.4 is 5.32 Å². The summed E-state index contributed by atoms with van der Waals surface area (Å²) >= 11 is 0. The van der Waals surface area contributed by atoms with Gasteiger partial charge in [-0.2, -0.15) is 0 Å². The fourth-order valence-electron chi connectivity index (χ4n) is 0.999. The second-order valence-electron chi connectivity index (χ2n) is 3.24. The summed E-state index contributed by atoms with van der Waals surface area (Å²) in [4.78, 5) is 10.9. The van der Waals surface area contributed by atoms with Gasteiger partial charge in [-0.05, 0) is 20.3 Å². The van der Waals surface area contributed by atoms with Gasteiger partial charge in [-0.25, -0.2) is 4.79 Å². The highest BCUT2D eigenvalue weighted by Crippen LogP contribution is 2.00. The first-order valence-electron chi connectivity index (χ1n) is 4.69. The minimum Gasteiger partial charge on any atom is -0.443 e. The van der Waals surface area contributed by atoms with Crippen molar-refractivity contribution in [3.05, 3.63) is 12.7 Å². The van der Waals surface area contributed by atoms with Gasteiger partial charge >= 0.3 is 5.97 Å². The Bertz CT molecular complexity index is 166. The molecule has 0 saturated carbocycles. The van der Waals surface area contributed by atoms with Crippen LogP contribution >= 0.6 is 0 Å². The lowest BCUT2D eigenvalue weighted by Gasteiger charge is -2.20. The molecule has 0 radical (unpaired) electrons. The molecule has 3 nitrogen and oxygen atoms in total. The zero-order chi connectivity index (χ0) is 10.3. The molecule has 0 spiro atoms. The topological polar surface area (TPSA) is 38.3 Å². The van der Waals surface area contributed by atoms with Crippen molar-refractivity contribution in [3.63, 3.8) is 0 Å². The summed E-state index contributed by atoms with van der Waals surface area (Å²) in [5.41, 5.74) is 0. The molecular weight excluding hydrogens is 166 g/mol. The highest BCUT2D eigenvalue weighted by atomic mass is 16.6. The van der Waals surface area contributed by atoms with Gasteiger partial charge in [0.15, 0.2) is 6.23 Å². The smallest absolute Gasteiger partial charge is 0.331 e. The maximum absolute atomic E-state index is 10.9. The number of hydrogen-bond donors (Lipinski definition) is 1. The molecule has 13 heavy (non-hydrogen) atoms. The summed E-state index contributed by atoms with van der Waals surface area (Å²) in [6.07, 6.45) is 2.81. The van der Waals surface area contributed by atoms with E-state index >= 15 is 0 Å². The van der Waals surface area contributed by atoms with Crippen LogP contribution in [0.5, 0.6) is 0 Å². The van der Waals surface area contributed by atoms with Crippen LogP contribution in [0.15, 0.2) is 12.7 Å². The Kier molecular flexibility index (Phi) is 6.24. The normalized spacial score (nSPS) is 12.6. The number of hydrogen-bond acceptors (Lipinski definition) is 3. The third-order valence-corrected chi connectivity index (χ3v) is 1.50. The van der Waals surface area contributed by atoms with Gasteiger partial charge < -0.3 is 4.74 Å². The van der Waals surface area contributed by atoms with Gasteiger partial charge in [0.05, 0.1) is 0 Å². The molecule has 1 atom stereocenters. The van der Waals surface area contributed by atoms with Crippen molar-refractivity contribution in [2.75, 3.05) is 0 Å². The van der Waals surface area contributed by atoms with Crippen LogP contribution in [-0.4, -0.2) is 18.2 Å². The average molecular weight is 185 g/mol. The minimum absolute atomic E-state index is 0.185. The summed E-state index contributed by atoms with van der Waals surface area (Å²) in [5, 5.41) is 3.16. The standard InChI is InChI=1S/C10H19NO2/c1-5-7-9(11-8(3)4)13-10(12)6-2/h6,8-9,11H,2,5,7H2,1,3-4H3. The number of ether oxygens (including phenoxy) is 1. The highest BCUT2D eigenvalue weighted by molar-refractivity contribution is 5.81. The van der Waals surface area contributed by atoms with E-state index in [1.165, 1.54) is 6.08 Å². The molecule has 0 rings (SSSR count). The molecule has 0 bridgehead atoms. The van der Waals surface area contributed by atoms with Crippen molar-refractivity contribution in [3.8, 4) is 0 Å². The van der Waals surface area contributed by atoms with E-state index in [4.69, 9.17) is 4.74 Å². The Morgan fingerprint density at radius 3 is 2.62 bits per heavy atom. The molecule has 3 heteroatoms. The fourth-order valence-corrected chi connectivity index (χ4v) is 0.999. The SMILES string of the molecule is C=CC(=O)OC(CCC)NC(C)C. The van der Waals surface area contributed by atoms with E-state index in [2.05, 4.69) is 18.8 Å². The molecule has 0 amide bonds. The Morgan fingerprint density at radius 1 is 1.62 bits per heavy atom. The molecule has 0 saturated heterocycles. The van der Waals surface area contributed by atoms with E-state index in [9.17, 15) is 4.79 Å². The van der Waals surface area contributed by atoms with E-state index in [0.29, 0.717) is 6.04 Å². The van der Waals surface area contributed by atoms with Crippen LogP contribution in [0.1, 0.15) is 33.6 Å². The first-order valence-corrected chi connectivity index (χ1v) is 4.69. The van der Waals surface area contributed by atoms with Gasteiger partial charge in [-0.1, -0.05) is 19.9 Å². The van der Waals surface area contributed by atoms with E-state index in [-0.39, 0.29) is 12.2 Å². The molecule has 0 heterocycles. The molecule has 0 fully saturated rings. The molecule has 0 aliphatic heterocycles. The number of nitrogens with one attached hydrogen (secondary N) is 1.